The molecule has 156 valence electrons. The largest absolute Gasteiger partial charge is 0.330 e. The van der Waals surface area contributed by atoms with Gasteiger partial charge in [0.05, 0.1) is 6.54 Å². The summed E-state index contributed by atoms with van der Waals surface area (Å²) < 4.78 is 0. The van der Waals surface area contributed by atoms with E-state index >= 15 is 0 Å². The molecule has 0 fully saturated rings. The van der Waals surface area contributed by atoms with E-state index in [1.807, 2.05) is 48.3 Å². The van der Waals surface area contributed by atoms with Gasteiger partial charge in [0.2, 0.25) is 5.95 Å². The highest BCUT2D eigenvalue weighted by Gasteiger charge is 2.07. The minimum atomic E-state index is 0.448. The number of pyridine rings is 1. The third-order valence-electron chi connectivity index (χ3n) is 4.62. The zero-order valence-electron chi connectivity index (χ0n) is 17.2. The molecule has 1 aromatic carbocycles. The summed E-state index contributed by atoms with van der Waals surface area (Å²) in [5.41, 5.74) is 9.58. The summed E-state index contributed by atoms with van der Waals surface area (Å²) >= 11 is 0. The van der Waals surface area contributed by atoms with Crippen molar-refractivity contribution in [3.63, 3.8) is 0 Å². The van der Waals surface area contributed by atoms with Crippen molar-refractivity contribution in [2.24, 2.45) is 5.73 Å². The molecule has 8 heteroatoms. The maximum atomic E-state index is 10.6. The molecule has 2 aromatic heterocycles. The average molecular weight is 406 g/mol. The summed E-state index contributed by atoms with van der Waals surface area (Å²) in [5, 5.41) is 3.23. The number of carbonyl (C=O) groups is 1. The van der Waals surface area contributed by atoms with Gasteiger partial charge >= 0.3 is 0 Å². The quantitative estimate of drug-likeness (QED) is 0.468. The van der Waals surface area contributed by atoms with E-state index in [-0.39, 0.29) is 0 Å². The fraction of sp³-hybridized carbons (Fsp3) is 0.318. The van der Waals surface area contributed by atoms with Crippen LogP contribution in [0.3, 0.4) is 0 Å². The Balaban J connectivity index is 1.68. The normalized spacial score (nSPS) is 10.9. The number of anilines is 2. The van der Waals surface area contributed by atoms with E-state index in [0.717, 1.165) is 54.6 Å². The molecule has 0 unspecified atom stereocenters. The van der Waals surface area contributed by atoms with Crippen LogP contribution >= 0.6 is 0 Å². The van der Waals surface area contributed by atoms with Crippen molar-refractivity contribution in [2.45, 2.75) is 19.3 Å². The van der Waals surface area contributed by atoms with E-state index in [9.17, 15) is 4.79 Å². The van der Waals surface area contributed by atoms with Crippen LogP contribution in [-0.4, -0.2) is 57.8 Å². The van der Waals surface area contributed by atoms with E-state index in [0.29, 0.717) is 24.9 Å². The third kappa shape index (κ3) is 6.40. The molecule has 3 N–H and O–H groups in total. The molecule has 0 spiro atoms. The van der Waals surface area contributed by atoms with Crippen LogP contribution in [0.4, 0.5) is 11.6 Å². The fourth-order valence-corrected chi connectivity index (χ4v) is 3.10. The number of benzene rings is 1. The van der Waals surface area contributed by atoms with Gasteiger partial charge in [0.1, 0.15) is 12.6 Å². The molecule has 3 rings (SSSR count). The zero-order valence-corrected chi connectivity index (χ0v) is 17.2. The number of rotatable bonds is 11. The van der Waals surface area contributed by atoms with Crippen LogP contribution in [0.2, 0.25) is 0 Å². The van der Waals surface area contributed by atoms with E-state index in [4.69, 9.17) is 5.73 Å². The molecular formula is C22H27N7O. The topological polar surface area (TPSA) is 110 Å². The second-order valence-electron chi connectivity index (χ2n) is 7.07. The summed E-state index contributed by atoms with van der Waals surface area (Å²) in [6.45, 7) is 1.90. The second-order valence-corrected chi connectivity index (χ2v) is 7.07. The molecule has 30 heavy (non-hydrogen) atoms. The first-order valence-electron chi connectivity index (χ1n) is 10.0. The molecule has 0 radical (unpaired) electrons. The van der Waals surface area contributed by atoms with Crippen molar-refractivity contribution < 1.29 is 4.79 Å². The van der Waals surface area contributed by atoms with Crippen LogP contribution in [0.25, 0.3) is 11.4 Å². The van der Waals surface area contributed by atoms with Gasteiger partial charge in [-0.25, -0.2) is 9.97 Å². The van der Waals surface area contributed by atoms with E-state index in [1.54, 1.807) is 6.20 Å². The zero-order chi connectivity index (χ0) is 21.2. The molecule has 8 nitrogen and oxygen atoms in total. The number of hydrogen-bond acceptors (Lipinski definition) is 8. The van der Waals surface area contributed by atoms with Crippen LogP contribution in [0.1, 0.15) is 17.7 Å². The van der Waals surface area contributed by atoms with Crippen molar-refractivity contribution >= 4 is 17.9 Å². The van der Waals surface area contributed by atoms with Crippen molar-refractivity contribution in [1.82, 2.24) is 24.8 Å². The van der Waals surface area contributed by atoms with Crippen LogP contribution in [0, 0.1) is 0 Å². The molecule has 0 aliphatic carbocycles. The van der Waals surface area contributed by atoms with Gasteiger partial charge in [-0.05, 0) is 69.2 Å². The lowest BCUT2D eigenvalue weighted by atomic mass is 10.1. The Bertz CT molecular complexity index is 963. The number of nitrogens with one attached hydrogen (secondary N) is 1. The van der Waals surface area contributed by atoms with Gasteiger partial charge in [-0.1, -0.05) is 12.1 Å². The minimum Gasteiger partial charge on any atom is -0.330 e. The minimum absolute atomic E-state index is 0.448. The molecule has 0 aliphatic rings. The van der Waals surface area contributed by atoms with Crippen molar-refractivity contribution in [2.75, 3.05) is 32.0 Å². The molecule has 0 aliphatic heterocycles. The highest BCUT2D eigenvalue weighted by Crippen LogP contribution is 2.19. The lowest BCUT2D eigenvalue weighted by Crippen LogP contribution is -2.22. The number of nitrogens with two attached hydrogens (primary N) is 1. The number of aromatic nitrogens is 4. The Kier molecular flexibility index (Phi) is 7.94. The maximum absolute atomic E-state index is 10.6. The Hall–Kier alpha value is -3.23. The first kappa shape index (κ1) is 21.5. The summed E-state index contributed by atoms with van der Waals surface area (Å²) in [4.78, 5) is 30.1. The number of hydrogen-bond donors (Lipinski definition) is 2. The lowest BCUT2D eigenvalue weighted by Gasteiger charge is -2.12. The molecule has 0 saturated carbocycles. The third-order valence-corrected chi connectivity index (χ3v) is 4.62. The molecule has 3 aromatic rings. The fourth-order valence-electron chi connectivity index (χ4n) is 3.10. The number of aldehydes is 1. The van der Waals surface area contributed by atoms with Crippen molar-refractivity contribution in [1.29, 1.82) is 0 Å². The van der Waals surface area contributed by atoms with E-state index in [1.165, 1.54) is 6.33 Å². The van der Waals surface area contributed by atoms with Gasteiger partial charge in [0.15, 0.2) is 5.82 Å². The molecular weight excluding hydrogens is 378 g/mol. The summed E-state index contributed by atoms with van der Waals surface area (Å²) in [6.07, 6.45) is 6.75. The smallest absolute Gasteiger partial charge is 0.230 e. The van der Waals surface area contributed by atoms with Gasteiger partial charge in [-0.2, -0.15) is 4.98 Å². The molecule has 0 atom stereocenters. The Labute approximate surface area is 176 Å². The van der Waals surface area contributed by atoms with E-state index < -0.39 is 0 Å². The molecule has 0 saturated heterocycles. The molecule has 0 amide bonds. The van der Waals surface area contributed by atoms with Gasteiger partial charge in [0.25, 0.3) is 0 Å². The average Bonchev–Trinajstić information content (AvgIpc) is 2.75. The Morgan fingerprint density at radius 2 is 2.03 bits per heavy atom. The lowest BCUT2D eigenvalue weighted by molar-refractivity contribution is -0.108. The molecule has 2 heterocycles. The van der Waals surface area contributed by atoms with Crippen molar-refractivity contribution in [3.8, 4) is 11.4 Å². The maximum Gasteiger partial charge on any atom is 0.230 e. The predicted octanol–water partition coefficient (Wildman–Crippen LogP) is 2.24. The standard InChI is InChI=1S/C22H27N7O/c1-29(12-13-30)11-3-6-19-15-18(8-10-24-19)21-25-16-26-22(28-21)27-20-5-2-4-17(14-20)7-9-23/h2,4-5,8,10,13-16H,3,6-7,9,11-12,23H2,1H3,(H,25,26,27,28). The number of nitrogens with zero attached hydrogens (tertiary/aromatic N) is 5. The number of aryl methyl sites for hydroxylation is 1. The summed E-state index contributed by atoms with van der Waals surface area (Å²) in [7, 11) is 1.93. The molecule has 0 bridgehead atoms. The SMILES string of the molecule is CN(CC=O)CCCc1cc(-c2ncnc(Nc3cccc(CCN)c3)n2)ccn1. The Morgan fingerprint density at radius 3 is 2.87 bits per heavy atom. The highest BCUT2D eigenvalue weighted by molar-refractivity contribution is 5.59. The van der Waals surface area contributed by atoms with Gasteiger partial charge in [-0.15, -0.1) is 0 Å². The van der Waals surface area contributed by atoms with Crippen molar-refractivity contribution in [3.05, 3.63) is 60.2 Å². The summed E-state index contributed by atoms with van der Waals surface area (Å²) in [6, 6.07) is 11.9. The van der Waals surface area contributed by atoms with Crippen LogP contribution in [0.15, 0.2) is 48.9 Å². The number of carbonyl (C=O) groups excluding carboxylic acids is 1. The van der Waals surface area contributed by atoms with Crippen LogP contribution in [0.5, 0.6) is 0 Å². The predicted molar refractivity (Wildman–Crippen MR) is 117 cm³/mol. The highest BCUT2D eigenvalue weighted by atomic mass is 16.1. The van der Waals surface area contributed by atoms with Gasteiger partial charge in [0, 0.05) is 23.1 Å². The van der Waals surface area contributed by atoms with Gasteiger partial charge < -0.3 is 15.8 Å². The van der Waals surface area contributed by atoms with Crippen LogP contribution in [-0.2, 0) is 17.6 Å². The second kappa shape index (κ2) is 11.1. The Morgan fingerprint density at radius 1 is 1.13 bits per heavy atom. The van der Waals surface area contributed by atoms with Gasteiger partial charge in [-0.3, -0.25) is 9.88 Å². The first-order valence-corrected chi connectivity index (χ1v) is 10.0. The first-order chi connectivity index (χ1) is 14.7. The van der Waals surface area contributed by atoms with Crippen LogP contribution < -0.4 is 11.1 Å². The monoisotopic (exact) mass is 405 g/mol. The summed E-state index contributed by atoms with van der Waals surface area (Å²) in [5.74, 6) is 1.08. The van der Waals surface area contributed by atoms with E-state index in [2.05, 4.69) is 25.3 Å². The number of likely N-dealkylation sites (N-methyl/N-ethyl adjacent to an activating group) is 1.